The average molecular weight is 212 g/mol. The molecule has 1 aliphatic heterocycles. The molecule has 0 nitrogen and oxygen atoms in total. The molecule has 14 heavy (non-hydrogen) atoms. The normalized spacial score (nSPS) is 24.8. The molecule has 0 saturated carbocycles. The van der Waals surface area contributed by atoms with Crippen LogP contribution in [0.1, 0.15) is 47.5 Å². The van der Waals surface area contributed by atoms with Crippen molar-refractivity contribution in [2.24, 2.45) is 5.41 Å². The lowest BCUT2D eigenvalue weighted by atomic mass is 9.94. The highest BCUT2D eigenvalue weighted by molar-refractivity contribution is 8.23. The maximum atomic E-state index is 2.52. The Bertz CT molecular complexity index is 253. The first-order valence-electron chi connectivity index (χ1n) is 5.58. The van der Waals surface area contributed by atoms with Crippen molar-refractivity contribution >= 4 is 10.9 Å². The summed E-state index contributed by atoms with van der Waals surface area (Å²) in [7, 11) is 0.0833. The number of hydrogen-bond acceptors (Lipinski definition) is 0. The number of thiol groups is 1. The molecule has 1 aliphatic rings. The van der Waals surface area contributed by atoms with E-state index in [1.807, 2.05) is 0 Å². The van der Waals surface area contributed by atoms with Crippen LogP contribution in [0.15, 0.2) is 22.0 Å². The third-order valence-corrected chi connectivity index (χ3v) is 5.06. The topological polar surface area (TPSA) is 0 Å². The lowest BCUT2D eigenvalue weighted by molar-refractivity contribution is 0.401. The van der Waals surface area contributed by atoms with Gasteiger partial charge in [-0.1, -0.05) is 33.8 Å². The van der Waals surface area contributed by atoms with E-state index in [0.29, 0.717) is 5.41 Å². The molecule has 0 aliphatic carbocycles. The number of rotatable bonds is 3. The quantitative estimate of drug-likeness (QED) is 0.648. The van der Waals surface area contributed by atoms with Crippen LogP contribution in [-0.2, 0) is 0 Å². The molecule has 0 amide bonds. The molecule has 0 fully saturated rings. The standard InChI is InChI=1S/C13H24S/c1-6-12-9-11(2)14(10-12)8-7-13(3,4)5/h9-10,14H,6-8H2,1-5H3. The van der Waals surface area contributed by atoms with Gasteiger partial charge < -0.3 is 0 Å². The van der Waals surface area contributed by atoms with Gasteiger partial charge in [0.25, 0.3) is 0 Å². The Hall–Kier alpha value is -0.170. The molecule has 1 unspecified atom stereocenters. The van der Waals surface area contributed by atoms with Crippen molar-refractivity contribution < 1.29 is 0 Å². The van der Waals surface area contributed by atoms with E-state index in [-0.39, 0.29) is 10.9 Å². The first-order valence-corrected chi connectivity index (χ1v) is 7.17. The molecule has 0 N–H and O–H groups in total. The molecule has 1 atom stereocenters. The molecule has 0 aromatic carbocycles. The molecule has 1 rings (SSSR count). The lowest BCUT2D eigenvalue weighted by Gasteiger charge is -2.22. The zero-order valence-electron chi connectivity index (χ0n) is 10.2. The van der Waals surface area contributed by atoms with E-state index in [0.717, 1.165) is 0 Å². The van der Waals surface area contributed by atoms with Gasteiger partial charge in [0, 0.05) is 0 Å². The molecule has 0 aromatic rings. The van der Waals surface area contributed by atoms with Crippen molar-refractivity contribution in [1.82, 2.24) is 0 Å². The summed E-state index contributed by atoms with van der Waals surface area (Å²) in [5.74, 6) is 1.38. The second-order valence-electron chi connectivity index (χ2n) is 5.35. The van der Waals surface area contributed by atoms with Gasteiger partial charge in [0.2, 0.25) is 0 Å². The summed E-state index contributed by atoms with van der Waals surface area (Å²) in [4.78, 5) is 1.63. The summed E-state index contributed by atoms with van der Waals surface area (Å²) >= 11 is 0. The van der Waals surface area contributed by atoms with Crippen LogP contribution < -0.4 is 0 Å². The number of allylic oxidation sites excluding steroid dienone is 3. The van der Waals surface area contributed by atoms with Crippen molar-refractivity contribution in [3.05, 3.63) is 22.0 Å². The van der Waals surface area contributed by atoms with Crippen LogP contribution in [0.4, 0.5) is 0 Å². The zero-order chi connectivity index (χ0) is 10.8. The largest absolute Gasteiger partial charge is 0.210 e. The van der Waals surface area contributed by atoms with Crippen LogP contribution >= 0.6 is 10.9 Å². The number of hydrogen-bond donors (Lipinski definition) is 1. The van der Waals surface area contributed by atoms with Crippen molar-refractivity contribution in [2.75, 3.05) is 5.75 Å². The Morgan fingerprint density at radius 3 is 2.36 bits per heavy atom. The van der Waals surface area contributed by atoms with Gasteiger partial charge in [-0.05, 0) is 46.8 Å². The minimum absolute atomic E-state index is 0.0833. The van der Waals surface area contributed by atoms with E-state index in [9.17, 15) is 0 Å². The molecular formula is C13H24S. The molecule has 0 radical (unpaired) electrons. The van der Waals surface area contributed by atoms with E-state index < -0.39 is 0 Å². The molecule has 82 valence electrons. The Kier molecular flexibility index (Phi) is 3.88. The van der Waals surface area contributed by atoms with Crippen LogP contribution in [0, 0.1) is 5.41 Å². The summed E-state index contributed by atoms with van der Waals surface area (Å²) in [6.45, 7) is 11.6. The molecule has 1 heterocycles. The minimum atomic E-state index is 0.0833. The zero-order valence-corrected chi connectivity index (χ0v) is 11.1. The first kappa shape index (κ1) is 11.9. The van der Waals surface area contributed by atoms with Gasteiger partial charge >= 0.3 is 0 Å². The molecule has 0 saturated heterocycles. The summed E-state index contributed by atoms with van der Waals surface area (Å²) in [6.07, 6.45) is 4.94. The third-order valence-electron chi connectivity index (χ3n) is 2.68. The van der Waals surface area contributed by atoms with Crippen LogP contribution in [-0.4, -0.2) is 5.75 Å². The summed E-state index contributed by atoms with van der Waals surface area (Å²) in [5.41, 5.74) is 2.05. The predicted molar refractivity (Wildman–Crippen MR) is 70.1 cm³/mol. The second kappa shape index (κ2) is 4.57. The van der Waals surface area contributed by atoms with E-state index in [2.05, 4.69) is 46.1 Å². The highest BCUT2D eigenvalue weighted by atomic mass is 32.2. The van der Waals surface area contributed by atoms with Crippen molar-refractivity contribution in [3.8, 4) is 0 Å². The second-order valence-corrected chi connectivity index (χ2v) is 7.70. The Morgan fingerprint density at radius 2 is 1.93 bits per heavy atom. The first-order chi connectivity index (χ1) is 6.42. The van der Waals surface area contributed by atoms with Crippen molar-refractivity contribution in [3.63, 3.8) is 0 Å². The van der Waals surface area contributed by atoms with Gasteiger partial charge in [0.1, 0.15) is 0 Å². The van der Waals surface area contributed by atoms with Crippen LogP contribution in [0.5, 0.6) is 0 Å². The fraction of sp³-hybridized carbons (Fsp3) is 0.692. The van der Waals surface area contributed by atoms with E-state index >= 15 is 0 Å². The minimum Gasteiger partial charge on any atom is -0.210 e. The molecule has 0 aromatic heterocycles. The SMILES string of the molecule is CCC1=C[SH](CCC(C)(C)C)C(C)=C1. The van der Waals surface area contributed by atoms with Gasteiger partial charge in [-0.25, -0.2) is 10.9 Å². The molecule has 0 spiro atoms. The highest BCUT2D eigenvalue weighted by Crippen LogP contribution is 2.45. The fourth-order valence-corrected chi connectivity index (χ4v) is 4.17. The summed E-state index contributed by atoms with van der Waals surface area (Å²) in [6, 6.07) is 0. The van der Waals surface area contributed by atoms with Crippen molar-refractivity contribution in [2.45, 2.75) is 47.5 Å². The van der Waals surface area contributed by atoms with Crippen LogP contribution in [0.25, 0.3) is 0 Å². The summed E-state index contributed by atoms with van der Waals surface area (Å²) in [5, 5.41) is 2.52. The fourth-order valence-electron chi connectivity index (χ4n) is 1.58. The molecule has 1 heteroatoms. The Balaban J connectivity index is 2.48. The Labute approximate surface area is 91.8 Å². The summed E-state index contributed by atoms with van der Waals surface area (Å²) < 4.78 is 0. The van der Waals surface area contributed by atoms with Gasteiger partial charge in [-0.15, -0.1) is 0 Å². The predicted octanol–water partition coefficient (Wildman–Crippen LogP) is 4.64. The third kappa shape index (κ3) is 3.53. The van der Waals surface area contributed by atoms with Crippen molar-refractivity contribution in [1.29, 1.82) is 0 Å². The monoisotopic (exact) mass is 212 g/mol. The van der Waals surface area contributed by atoms with Crippen LogP contribution in [0.2, 0.25) is 0 Å². The maximum Gasteiger partial charge on any atom is -0.0177 e. The lowest BCUT2D eigenvalue weighted by Crippen LogP contribution is -2.07. The van der Waals surface area contributed by atoms with E-state index in [1.54, 1.807) is 10.5 Å². The highest BCUT2D eigenvalue weighted by Gasteiger charge is 2.15. The molecule has 0 bridgehead atoms. The van der Waals surface area contributed by atoms with Gasteiger partial charge in [-0.2, -0.15) is 0 Å². The average Bonchev–Trinajstić information content (AvgIpc) is 2.42. The smallest absolute Gasteiger partial charge is 0.0177 e. The Morgan fingerprint density at radius 1 is 1.29 bits per heavy atom. The maximum absolute atomic E-state index is 2.52. The van der Waals surface area contributed by atoms with Gasteiger partial charge in [0.05, 0.1) is 0 Å². The van der Waals surface area contributed by atoms with E-state index in [1.165, 1.54) is 18.6 Å². The van der Waals surface area contributed by atoms with E-state index in [4.69, 9.17) is 0 Å². The van der Waals surface area contributed by atoms with Gasteiger partial charge in [-0.3, -0.25) is 0 Å². The molecular weight excluding hydrogens is 188 g/mol. The van der Waals surface area contributed by atoms with Crippen LogP contribution in [0.3, 0.4) is 0 Å². The van der Waals surface area contributed by atoms with Gasteiger partial charge in [0.15, 0.2) is 0 Å².